The molecule has 1 aromatic carbocycles. The number of unbranched alkanes of at least 4 members (excludes halogenated alkanes) is 3. The largest absolute Gasteiger partial charge is 0.464 e. The standard InChI is InChI=1S/C17H23ClO3/c1-2-20-16(19)17(13-21-17)12-6-4-3-5-7-14-8-10-15(18)11-9-14/h8-11H,2-7,12-13H2,1H3. The third kappa shape index (κ3) is 5.01. The highest BCUT2D eigenvalue weighted by molar-refractivity contribution is 6.30. The van der Waals surface area contributed by atoms with E-state index in [1.165, 1.54) is 12.0 Å². The lowest BCUT2D eigenvalue weighted by molar-refractivity contribution is -0.149. The Bertz CT molecular complexity index is 452. The van der Waals surface area contributed by atoms with Crippen LogP contribution in [-0.4, -0.2) is 24.8 Å². The molecule has 0 spiro atoms. The van der Waals surface area contributed by atoms with E-state index in [1.54, 1.807) is 0 Å². The molecule has 0 bridgehead atoms. The van der Waals surface area contributed by atoms with Crippen LogP contribution in [0, 0.1) is 0 Å². The van der Waals surface area contributed by atoms with Crippen LogP contribution in [0.5, 0.6) is 0 Å². The summed E-state index contributed by atoms with van der Waals surface area (Å²) in [5.74, 6) is -0.189. The van der Waals surface area contributed by atoms with Crippen LogP contribution in [0.2, 0.25) is 5.02 Å². The second-order valence-electron chi connectivity index (χ2n) is 5.54. The van der Waals surface area contributed by atoms with Gasteiger partial charge in [0.1, 0.15) is 0 Å². The van der Waals surface area contributed by atoms with Crippen molar-refractivity contribution in [3.05, 3.63) is 34.9 Å². The summed E-state index contributed by atoms with van der Waals surface area (Å²) in [7, 11) is 0. The van der Waals surface area contributed by atoms with Crippen LogP contribution in [-0.2, 0) is 20.7 Å². The Balaban J connectivity index is 1.56. The number of carbonyl (C=O) groups excluding carboxylic acids is 1. The number of carbonyl (C=O) groups is 1. The van der Waals surface area contributed by atoms with Gasteiger partial charge < -0.3 is 9.47 Å². The summed E-state index contributed by atoms with van der Waals surface area (Å²) < 4.78 is 10.4. The number of hydrogen-bond donors (Lipinski definition) is 0. The predicted molar refractivity (Wildman–Crippen MR) is 83.6 cm³/mol. The molecule has 1 aliphatic rings. The van der Waals surface area contributed by atoms with Gasteiger partial charge in [0.25, 0.3) is 0 Å². The van der Waals surface area contributed by atoms with Gasteiger partial charge in [-0.15, -0.1) is 0 Å². The van der Waals surface area contributed by atoms with E-state index in [0.29, 0.717) is 13.2 Å². The molecular formula is C17H23ClO3. The highest BCUT2D eigenvalue weighted by atomic mass is 35.5. The van der Waals surface area contributed by atoms with Crippen LogP contribution in [0.4, 0.5) is 0 Å². The van der Waals surface area contributed by atoms with Gasteiger partial charge in [0.2, 0.25) is 0 Å². The number of rotatable bonds is 9. The summed E-state index contributed by atoms with van der Waals surface area (Å²) in [4.78, 5) is 11.7. The zero-order chi connectivity index (χ0) is 15.1. The summed E-state index contributed by atoms with van der Waals surface area (Å²) in [5.41, 5.74) is 0.722. The predicted octanol–water partition coefficient (Wildman–Crippen LogP) is 4.17. The molecule has 1 atom stereocenters. The minimum atomic E-state index is -0.605. The van der Waals surface area contributed by atoms with Crippen molar-refractivity contribution in [3.8, 4) is 0 Å². The van der Waals surface area contributed by atoms with Gasteiger partial charge in [0.15, 0.2) is 5.60 Å². The van der Waals surface area contributed by atoms with E-state index in [4.69, 9.17) is 21.1 Å². The molecule has 1 heterocycles. The number of aryl methyl sites for hydroxylation is 1. The smallest absolute Gasteiger partial charge is 0.340 e. The van der Waals surface area contributed by atoms with Crippen LogP contribution < -0.4 is 0 Å². The second kappa shape index (κ2) is 7.81. The molecule has 3 nitrogen and oxygen atoms in total. The second-order valence-corrected chi connectivity index (χ2v) is 5.98. The Morgan fingerprint density at radius 2 is 1.90 bits per heavy atom. The number of epoxide rings is 1. The lowest BCUT2D eigenvalue weighted by Gasteiger charge is -2.10. The molecule has 0 N–H and O–H groups in total. The van der Waals surface area contributed by atoms with Crippen LogP contribution in [0.15, 0.2) is 24.3 Å². The zero-order valence-corrected chi connectivity index (χ0v) is 13.3. The number of esters is 1. The van der Waals surface area contributed by atoms with Crippen molar-refractivity contribution >= 4 is 17.6 Å². The van der Waals surface area contributed by atoms with E-state index >= 15 is 0 Å². The van der Waals surface area contributed by atoms with Gasteiger partial charge >= 0.3 is 5.97 Å². The van der Waals surface area contributed by atoms with Crippen molar-refractivity contribution in [2.45, 2.75) is 51.0 Å². The molecule has 1 aromatic rings. The fourth-order valence-corrected chi connectivity index (χ4v) is 2.58. The summed E-state index contributed by atoms with van der Waals surface area (Å²) in [6.45, 7) is 2.77. The van der Waals surface area contributed by atoms with Crippen LogP contribution in [0.3, 0.4) is 0 Å². The lowest BCUT2D eigenvalue weighted by atomic mass is 10.0. The van der Waals surface area contributed by atoms with Crippen molar-refractivity contribution in [3.63, 3.8) is 0 Å². The third-order valence-electron chi connectivity index (χ3n) is 3.85. The molecule has 1 aliphatic heterocycles. The Kier molecular flexibility index (Phi) is 6.07. The zero-order valence-electron chi connectivity index (χ0n) is 12.6. The molecule has 4 heteroatoms. The van der Waals surface area contributed by atoms with Gasteiger partial charge in [0.05, 0.1) is 13.2 Å². The number of benzene rings is 1. The Hall–Kier alpha value is -1.06. The average molecular weight is 311 g/mol. The van der Waals surface area contributed by atoms with E-state index in [2.05, 4.69) is 12.1 Å². The first-order chi connectivity index (χ1) is 10.2. The first-order valence-electron chi connectivity index (χ1n) is 7.72. The molecule has 0 saturated carbocycles. The molecule has 21 heavy (non-hydrogen) atoms. The molecule has 1 unspecified atom stereocenters. The molecule has 0 aliphatic carbocycles. The van der Waals surface area contributed by atoms with Gasteiger partial charge in [-0.25, -0.2) is 4.79 Å². The van der Waals surface area contributed by atoms with Crippen molar-refractivity contribution < 1.29 is 14.3 Å². The number of ether oxygens (including phenoxy) is 2. The average Bonchev–Trinajstić information content (AvgIpc) is 3.26. The monoisotopic (exact) mass is 310 g/mol. The molecule has 1 saturated heterocycles. The van der Waals surface area contributed by atoms with E-state index in [-0.39, 0.29) is 5.97 Å². The molecule has 0 radical (unpaired) electrons. The van der Waals surface area contributed by atoms with Crippen LogP contribution in [0.1, 0.15) is 44.6 Å². The maximum absolute atomic E-state index is 11.7. The summed E-state index contributed by atoms with van der Waals surface area (Å²) in [6.07, 6.45) is 6.33. The molecular weight excluding hydrogens is 288 g/mol. The van der Waals surface area contributed by atoms with E-state index in [9.17, 15) is 4.79 Å². The maximum Gasteiger partial charge on any atom is 0.340 e. The first-order valence-corrected chi connectivity index (χ1v) is 8.10. The minimum Gasteiger partial charge on any atom is -0.464 e. The Labute approximate surface area is 131 Å². The quantitative estimate of drug-likeness (QED) is 0.390. The van der Waals surface area contributed by atoms with Crippen LogP contribution >= 0.6 is 11.6 Å². The minimum absolute atomic E-state index is 0.189. The SMILES string of the molecule is CCOC(=O)C1(CCCCCCc2ccc(Cl)cc2)CO1. The highest BCUT2D eigenvalue weighted by Crippen LogP contribution is 2.34. The lowest BCUT2D eigenvalue weighted by Crippen LogP contribution is -2.27. The van der Waals surface area contributed by atoms with Crippen molar-refractivity contribution in [1.29, 1.82) is 0 Å². The molecule has 0 amide bonds. The van der Waals surface area contributed by atoms with Gasteiger partial charge in [0, 0.05) is 5.02 Å². The van der Waals surface area contributed by atoms with Gasteiger partial charge in [-0.2, -0.15) is 0 Å². The Morgan fingerprint density at radius 1 is 1.24 bits per heavy atom. The molecule has 2 rings (SSSR count). The van der Waals surface area contributed by atoms with Crippen molar-refractivity contribution in [2.75, 3.05) is 13.2 Å². The topological polar surface area (TPSA) is 38.8 Å². The van der Waals surface area contributed by atoms with Crippen molar-refractivity contribution in [1.82, 2.24) is 0 Å². The first kappa shape index (κ1) is 16.3. The van der Waals surface area contributed by atoms with Gasteiger partial charge in [-0.05, 0) is 50.3 Å². The number of halogens is 1. The Morgan fingerprint density at radius 3 is 2.52 bits per heavy atom. The van der Waals surface area contributed by atoms with E-state index in [1.807, 2.05) is 19.1 Å². The fourth-order valence-electron chi connectivity index (χ4n) is 2.46. The van der Waals surface area contributed by atoms with Gasteiger partial charge in [-0.1, -0.05) is 36.6 Å². The fraction of sp³-hybridized carbons (Fsp3) is 0.588. The number of hydrogen-bond acceptors (Lipinski definition) is 3. The van der Waals surface area contributed by atoms with Gasteiger partial charge in [-0.3, -0.25) is 0 Å². The molecule has 0 aromatic heterocycles. The normalized spacial score (nSPS) is 20.3. The summed E-state index contributed by atoms with van der Waals surface area (Å²) >= 11 is 5.86. The third-order valence-corrected chi connectivity index (χ3v) is 4.10. The maximum atomic E-state index is 11.7. The summed E-state index contributed by atoms with van der Waals surface area (Å²) in [5, 5.41) is 0.785. The summed E-state index contributed by atoms with van der Waals surface area (Å²) in [6, 6.07) is 8.03. The van der Waals surface area contributed by atoms with E-state index < -0.39 is 5.60 Å². The molecule has 116 valence electrons. The van der Waals surface area contributed by atoms with Crippen LogP contribution in [0.25, 0.3) is 0 Å². The molecule has 1 fully saturated rings. The highest BCUT2D eigenvalue weighted by Gasteiger charge is 2.52. The van der Waals surface area contributed by atoms with E-state index in [0.717, 1.165) is 37.1 Å². The van der Waals surface area contributed by atoms with Crippen molar-refractivity contribution in [2.24, 2.45) is 0 Å².